The number of rotatable bonds is 7. The molecule has 0 aromatic heterocycles. The average molecular weight is 240 g/mol. The molecule has 1 rings (SSSR count). The summed E-state index contributed by atoms with van der Waals surface area (Å²) in [5.74, 6) is 0.250. The van der Waals surface area contributed by atoms with Gasteiger partial charge in [-0.25, -0.2) is 0 Å². The van der Waals surface area contributed by atoms with Gasteiger partial charge >= 0.3 is 5.69 Å². The largest absolute Gasteiger partial charge is 0.487 e. The minimum Gasteiger partial charge on any atom is -0.487 e. The summed E-state index contributed by atoms with van der Waals surface area (Å²) >= 11 is 0. The monoisotopic (exact) mass is 240 g/mol. The van der Waals surface area contributed by atoms with Gasteiger partial charge in [0.25, 0.3) is 0 Å². The lowest BCUT2D eigenvalue weighted by molar-refractivity contribution is -0.385. The van der Waals surface area contributed by atoms with Crippen molar-refractivity contribution in [2.75, 3.05) is 25.1 Å². The Morgan fingerprint density at radius 1 is 1.53 bits per heavy atom. The first-order chi connectivity index (χ1) is 8.20. The Kier molecular flexibility index (Phi) is 5.22. The molecular weight excluding hydrogens is 224 g/mol. The molecule has 17 heavy (non-hydrogen) atoms. The molecule has 1 aromatic carbocycles. The number of hydrogen-bond acceptors (Lipinski definition) is 5. The van der Waals surface area contributed by atoms with Crippen molar-refractivity contribution in [2.24, 2.45) is 0 Å². The summed E-state index contributed by atoms with van der Waals surface area (Å²) in [4.78, 5) is 10.5. The predicted octanol–water partition coefficient (Wildman–Crippen LogP) is 1.79. The molecule has 0 unspecified atom stereocenters. The maximum atomic E-state index is 11.0. The Balaban J connectivity index is 2.99. The highest BCUT2D eigenvalue weighted by Gasteiger charge is 2.20. The molecule has 6 heteroatoms. The van der Waals surface area contributed by atoms with Crippen molar-refractivity contribution in [3.05, 3.63) is 28.3 Å². The summed E-state index contributed by atoms with van der Waals surface area (Å²) in [5.41, 5.74) is 0.270. The molecule has 0 heterocycles. The Morgan fingerprint density at radius 2 is 2.29 bits per heavy atom. The fourth-order valence-corrected chi connectivity index (χ4v) is 1.37. The lowest BCUT2D eigenvalue weighted by atomic mass is 10.2. The van der Waals surface area contributed by atoms with Crippen LogP contribution in [0, 0.1) is 10.1 Å². The molecule has 0 spiro atoms. The molecule has 0 atom stereocenters. The third-order valence-electron chi connectivity index (χ3n) is 2.07. The Hall–Kier alpha value is -1.82. The highest BCUT2D eigenvalue weighted by molar-refractivity contribution is 5.68. The molecule has 1 aromatic rings. The first-order valence-corrected chi connectivity index (χ1v) is 5.45. The van der Waals surface area contributed by atoms with Crippen LogP contribution >= 0.6 is 0 Å². The van der Waals surface area contributed by atoms with E-state index < -0.39 is 4.92 Å². The van der Waals surface area contributed by atoms with Crippen LogP contribution in [0.15, 0.2) is 18.2 Å². The molecular formula is C11H16N2O4. The van der Waals surface area contributed by atoms with E-state index in [0.29, 0.717) is 12.3 Å². The van der Waals surface area contributed by atoms with Crippen molar-refractivity contribution < 1.29 is 14.8 Å². The maximum Gasteiger partial charge on any atom is 0.333 e. The minimum absolute atomic E-state index is 0.0861. The summed E-state index contributed by atoms with van der Waals surface area (Å²) < 4.78 is 5.32. The number of nitrogens with one attached hydrogen (secondary N) is 1. The number of nitro benzene ring substituents is 1. The van der Waals surface area contributed by atoms with Crippen LogP contribution in [-0.2, 0) is 0 Å². The first kappa shape index (κ1) is 13.2. The number of nitrogens with zero attached hydrogens (tertiary/aromatic N) is 1. The molecule has 0 radical (unpaired) electrons. The second-order valence-electron chi connectivity index (χ2n) is 3.41. The predicted molar refractivity (Wildman–Crippen MR) is 64.5 cm³/mol. The zero-order valence-corrected chi connectivity index (χ0v) is 9.68. The van der Waals surface area contributed by atoms with E-state index in [0.717, 1.165) is 6.42 Å². The van der Waals surface area contributed by atoms with Crippen LogP contribution in [-0.4, -0.2) is 29.8 Å². The molecule has 0 aliphatic heterocycles. The smallest absolute Gasteiger partial charge is 0.333 e. The van der Waals surface area contributed by atoms with Crippen LogP contribution in [0.25, 0.3) is 0 Å². The molecule has 0 saturated carbocycles. The molecule has 0 saturated heterocycles. The molecule has 0 aliphatic rings. The standard InChI is InChI=1S/C11H16N2O4/c1-2-8-17-10-5-3-4-9(12-6-7-14)11(10)13(15)16/h3-5,12,14H,2,6-8H2,1H3. The summed E-state index contributed by atoms with van der Waals surface area (Å²) in [7, 11) is 0. The second-order valence-corrected chi connectivity index (χ2v) is 3.41. The van der Waals surface area contributed by atoms with Gasteiger partial charge in [-0.2, -0.15) is 0 Å². The summed E-state index contributed by atoms with van der Waals surface area (Å²) in [5, 5.41) is 22.5. The highest BCUT2D eigenvalue weighted by atomic mass is 16.6. The number of benzene rings is 1. The van der Waals surface area contributed by atoms with Gasteiger partial charge in [0.05, 0.1) is 18.1 Å². The van der Waals surface area contributed by atoms with Crippen LogP contribution < -0.4 is 10.1 Å². The van der Waals surface area contributed by atoms with E-state index in [1.807, 2.05) is 6.92 Å². The van der Waals surface area contributed by atoms with Crippen LogP contribution in [0.1, 0.15) is 13.3 Å². The van der Waals surface area contributed by atoms with Crippen molar-refractivity contribution in [2.45, 2.75) is 13.3 Å². The third-order valence-corrected chi connectivity index (χ3v) is 2.07. The van der Waals surface area contributed by atoms with Gasteiger partial charge in [0.1, 0.15) is 5.69 Å². The fourth-order valence-electron chi connectivity index (χ4n) is 1.37. The molecule has 0 aliphatic carbocycles. The second kappa shape index (κ2) is 6.70. The van der Waals surface area contributed by atoms with Crippen molar-refractivity contribution in [1.29, 1.82) is 0 Å². The van der Waals surface area contributed by atoms with Crippen molar-refractivity contribution in [1.82, 2.24) is 0 Å². The minimum atomic E-state index is -0.481. The van der Waals surface area contributed by atoms with E-state index in [1.54, 1.807) is 18.2 Å². The number of para-hydroxylation sites is 1. The van der Waals surface area contributed by atoms with Gasteiger partial charge in [0.2, 0.25) is 0 Å². The number of ether oxygens (including phenoxy) is 1. The Labute approximate surface area is 99.4 Å². The normalized spacial score (nSPS) is 10.0. The number of aliphatic hydroxyl groups excluding tert-OH is 1. The molecule has 6 nitrogen and oxygen atoms in total. The van der Waals surface area contributed by atoms with Gasteiger partial charge in [-0.1, -0.05) is 13.0 Å². The van der Waals surface area contributed by atoms with E-state index in [1.165, 1.54) is 0 Å². The van der Waals surface area contributed by atoms with E-state index in [4.69, 9.17) is 9.84 Å². The average Bonchev–Trinajstić information content (AvgIpc) is 2.33. The van der Waals surface area contributed by atoms with Gasteiger partial charge in [0, 0.05) is 6.54 Å². The Bertz CT molecular complexity index is 355. The fraction of sp³-hybridized carbons (Fsp3) is 0.455. The number of aliphatic hydroxyl groups is 1. The number of hydrogen-bond donors (Lipinski definition) is 2. The number of anilines is 1. The zero-order chi connectivity index (χ0) is 12.7. The van der Waals surface area contributed by atoms with Crippen molar-refractivity contribution in [3.8, 4) is 5.75 Å². The van der Waals surface area contributed by atoms with Gasteiger partial charge in [-0.15, -0.1) is 0 Å². The number of nitro groups is 1. The summed E-state index contributed by atoms with van der Waals surface area (Å²) in [6.07, 6.45) is 0.783. The molecule has 0 amide bonds. The van der Waals surface area contributed by atoms with E-state index >= 15 is 0 Å². The van der Waals surface area contributed by atoms with Crippen LogP contribution in [0.4, 0.5) is 11.4 Å². The van der Waals surface area contributed by atoms with Crippen molar-refractivity contribution in [3.63, 3.8) is 0 Å². The van der Waals surface area contributed by atoms with Crippen molar-refractivity contribution >= 4 is 11.4 Å². The zero-order valence-electron chi connectivity index (χ0n) is 9.68. The Morgan fingerprint density at radius 3 is 2.88 bits per heavy atom. The molecule has 0 fully saturated rings. The van der Waals surface area contributed by atoms with E-state index in [2.05, 4.69) is 5.32 Å². The molecule has 0 bridgehead atoms. The summed E-state index contributed by atoms with van der Waals surface area (Å²) in [6.45, 7) is 2.54. The van der Waals surface area contributed by atoms with E-state index in [9.17, 15) is 10.1 Å². The third kappa shape index (κ3) is 3.60. The van der Waals surface area contributed by atoms with Crippen LogP contribution in [0.5, 0.6) is 5.75 Å². The highest BCUT2D eigenvalue weighted by Crippen LogP contribution is 2.34. The SMILES string of the molecule is CCCOc1cccc(NCCO)c1[N+](=O)[O-]. The quantitative estimate of drug-likeness (QED) is 0.560. The molecule has 2 N–H and O–H groups in total. The lowest BCUT2D eigenvalue weighted by Crippen LogP contribution is -2.08. The maximum absolute atomic E-state index is 11.0. The lowest BCUT2D eigenvalue weighted by Gasteiger charge is -2.09. The van der Waals surface area contributed by atoms with Gasteiger partial charge in [-0.3, -0.25) is 10.1 Å². The van der Waals surface area contributed by atoms with Gasteiger partial charge in [-0.05, 0) is 18.6 Å². The van der Waals surface area contributed by atoms with Crippen LogP contribution in [0.3, 0.4) is 0 Å². The topological polar surface area (TPSA) is 84.6 Å². The van der Waals surface area contributed by atoms with Crippen LogP contribution in [0.2, 0.25) is 0 Å². The van der Waals surface area contributed by atoms with Gasteiger partial charge < -0.3 is 15.2 Å². The van der Waals surface area contributed by atoms with Gasteiger partial charge in [0.15, 0.2) is 5.75 Å². The molecule has 94 valence electrons. The summed E-state index contributed by atoms with van der Waals surface area (Å²) in [6, 6.07) is 4.84. The van der Waals surface area contributed by atoms with E-state index in [-0.39, 0.29) is 24.6 Å². The first-order valence-electron chi connectivity index (χ1n) is 5.45.